The molecule has 0 aliphatic heterocycles. The van der Waals surface area contributed by atoms with Gasteiger partial charge in [0.25, 0.3) is 11.6 Å². The number of esters is 1. The number of amides is 1. The number of methoxy groups -OCH3 is 1. The van der Waals surface area contributed by atoms with Crippen LogP contribution in [0.1, 0.15) is 45.4 Å². The lowest BCUT2D eigenvalue weighted by Crippen LogP contribution is -2.30. The Bertz CT molecular complexity index is 670. The molecule has 8 heteroatoms. The van der Waals surface area contributed by atoms with Crippen molar-refractivity contribution in [2.24, 2.45) is 5.92 Å². The first kappa shape index (κ1) is 19.7. The second-order valence-corrected chi connectivity index (χ2v) is 6.45. The number of nitro groups is 1. The van der Waals surface area contributed by atoms with Crippen molar-refractivity contribution in [1.82, 2.24) is 0 Å². The summed E-state index contributed by atoms with van der Waals surface area (Å²) in [5.74, 6) is -0.131. The summed E-state index contributed by atoms with van der Waals surface area (Å²) in [7, 11) is 1.39. The molecule has 8 nitrogen and oxygen atoms in total. The van der Waals surface area contributed by atoms with E-state index >= 15 is 0 Å². The van der Waals surface area contributed by atoms with Gasteiger partial charge in [0, 0.05) is 18.6 Å². The van der Waals surface area contributed by atoms with Gasteiger partial charge in [-0.05, 0) is 25.3 Å². The summed E-state index contributed by atoms with van der Waals surface area (Å²) in [6.07, 6.45) is 4.79. The first-order chi connectivity index (χ1) is 12.4. The number of nitro benzene ring substituents is 1. The van der Waals surface area contributed by atoms with E-state index in [1.165, 1.54) is 45.1 Å². The van der Waals surface area contributed by atoms with E-state index in [0.717, 1.165) is 19.3 Å². The number of hydrogen-bond acceptors (Lipinski definition) is 6. The molecule has 26 heavy (non-hydrogen) atoms. The summed E-state index contributed by atoms with van der Waals surface area (Å²) in [6, 6.07) is 3.87. The Kier molecular flexibility index (Phi) is 6.94. The van der Waals surface area contributed by atoms with Crippen molar-refractivity contribution >= 4 is 23.3 Å². The SMILES string of the molecule is COc1ccc([N+](=O)[O-])cc1NC(=O)[C@H](C)OC(=O)CCC1CCCC1. The molecular weight excluding hydrogens is 340 g/mol. The number of rotatable bonds is 8. The molecule has 0 bridgehead atoms. The highest BCUT2D eigenvalue weighted by molar-refractivity contribution is 5.96. The van der Waals surface area contributed by atoms with Gasteiger partial charge < -0.3 is 14.8 Å². The number of nitrogens with one attached hydrogen (secondary N) is 1. The van der Waals surface area contributed by atoms with Crippen LogP contribution in [0, 0.1) is 16.0 Å². The topological polar surface area (TPSA) is 108 Å². The van der Waals surface area contributed by atoms with E-state index < -0.39 is 22.9 Å². The number of carbonyl (C=O) groups is 2. The van der Waals surface area contributed by atoms with Crippen molar-refractivity contribution < 1.29 is 24.0 Å². The van der Waals surface area contributed by atoms with Gasteiger partial charge in [0.2, 0.25) is 0 Å². The molecule has 0 unspecified atom stereocenters. The van der Waals surface area contributed by atoms with Crippen LogP contribution in [-0.4, -0.2) is 30.0 Å². The highest BCUT2D eigenvalue weighted by Crippen LogP contribution is 2.30. The van der Waals surface area contributed by atoms with Crippen LogP contribution < -0.4 is 10.1 Å². The number of hydrogen-bond donors (Lipinski definition) is 1. The number of nitrogens with zero attached hydrogens (tertiary/aromatic N) is 1. The van der Waals surface area contributed by atoms with Gasteiger partial charge in [0.1, 0.15) is 5.75 Å². The van der Waals surface area contributed by atoms with E-state index in [9.17, 15) is 19.7 Å². The summed E-state index contributed by atoms with van der Waals surface area (Å²) in [4.78, 5) is 34.5. The molecule has 0 saturated heterocycles. The number of benzene rings is 1. The molecule has 2 rings (SSSR count). The van der Waals surface area contributed by atoms with Crippen molar-refractivity contribution in [2.75, 3.05) is 12.4 Å². The minimum absolute atomic E-state index is 0.153. The zero-order valence-electron chi connectivity index (χ0n) is 15.0. The van der Waals surface area contributed by atoms with Crippen LogP contribution in [0.25, 0.3) is 0 Å². The molecule has 1 N–H and O–H groups in total. The molecule has 1 aromatic rings. The first-order valence-corrected chi connectivity index (χ1v) is 8.73. The molecule has 1 saturated carbocycles. The van der Waals surface area contributed by atoms with Crippen molar-refractivity contribution in [3.05, 3.63) is 28.3 Å². The van der Waals surface area contributed by atoms with Crippen molar-refractivity contribution in [2.45, 2.75) is 51.6 Å². The van der Waals surface area contributed by atoms with Crippen LogP contribution in [0.2, 0.25) is 0 Å². The third kappa shape index (κ3) is 5.44. The van der Waals surface area contributed by atoms with Crippen LogP contribution in [-0.2, 0) is 14.3 Å². The Morgan fingerprint density at radius 2 is 2.04 bits per heavy atom. The van der Waals surface area contributed by atoms with E-state index in [1.807, 2.05) is 0 Å². The summed E-state index contributed by atoms with van der Waals surface area (Å²) in [5.41, 5.74) is -0.0251. The predicted molar refractivity (Wildman–Crippen MR) is 95.0 cm³/mol. The molecule has 0 radical (unpaired) electrons. The first-order valence-electron chi connectivity index (χ1n) is 8.73. The Morgan fingerprint density at radius 3 is 2.65 bits per heavy atom. The molecule has 0 spiro atoms. The van der Waals surface area contributed by atoms with Gasteiger partial charge in [-0.1, -0.05) is 25.7 Å². The number of anilines is 1. The minimum atomic E-state index is -1.00. The lowest BCUT2D eigenvalue weighted by Gasteiger charge is -2.15. The maximum Gasteiger partial charge on any atom is 0.306 e. The van der Waals surface area contributed by atoms with Gasteiger partial charge >= 0.3 is 5.97 Å². The zero-order chi connectivity index (χ0) is 19.1. The fraction of sp³-hybridized carbons (Fsp3) is 0.556. The number of non-ortho nitro benzene ring substituents is 1. The molecule has 1 fully saturated rings. The van der Waals surface area contributed by atoms with Crippen LogP contribution in [0.4, 0.5) is 11.4 Å². The van der Waals surface area contributed by atoms with Crippen molar-refractivity contribution in [3.8, 4) is 5.75 Å². The smallest absolute Gasteiger partial charge is 0.306 e. The monoisotopic (exact) mass is 364 g/mol. The van der Waals surface area contributed by atoms with E-state index in [2.05, 4.69) is 5.32 Å². The summed E-state index contributed by atoms with van der Waals surface area (Å²) >= 11 is 0. The Hall–Kier alpha value is -2.64. The predicted octanol–water partition coefficient (Wildman–Crippen LogP) is 3.44. The zero-order valence-corrected chi connectivity index (χ0v) is 15.0. The second kappa shape index (κ2) is 9.17. The van der Waals surface area contributed by atoms with Crippen LogP contribution in [0.15, 0.2) is 18.2 Å². The van der Waals surface area contributed by atoms with Crippen LogP contribution in [0.3, 0.4) is 0 Å². The lowest BCUT2D eigenvalue weighted by atomic mass is 10.0. The third-order valence-corrected chi connectivity index (χ3v) is 4.56. The van der Waals surface area contributed by atoms with Gasteiger partial charge in [-0.2, -0.15) is 0 Å². The molecule has 1 aliphatic carbocycles. The van der Waals surface area contributed by atoms with E-state index in [4.69, 9.17) is 9.47 Å². The van der Waals surface area contributed by atoms with Crippen molar-refractivity contribution in [1.29, 1.82) is 0 Å². The molecule has 1 aliphatic rings. The highest BCUT2D eigenvalue weighted by atomic mass is 16.6. The molecule has 142 valence electrons. The third-order valence-electron chi connectivity index (χ3n) is 4.56. The van der Waals surface area contributed by atoms with Crippen molar-refractivity contribution in [3.63, 3.8) is 0 Å². The fourth-order valence-corrected chi connectivity index (χ4v) is 3.07. The molecule has 1 amide bonds. The van der Waals surface area contributed by atoms with E-state index in [0.29, 0.717) is 12.3 Å². The summed E-state index contributed by atoms with van der Waals surface area (Å²) in [6.45, 7) is 1.46. The maximum absolute atomic E-state index is 12.2. The number of ether oxygens (including phenoxy) is 2. The lowest BCUT2D eigenvalue weighted by molar-refractivity contribution is -0.384. The highest BCUT2D eigenvalue weighted by Gasteiger charge is 2.22. The Morgan fingerprint density at radius 1 is 1.35 bits per heavy atom. The van der Waals surface area contributed by atoms with Gasteiger partial charge in [0.15, 0.2) is 6.10 Å². The van der Waals surface area contributed by atoms with Gasteiger partial charge in [-0.15, -0.1) is 0 Å². The van der Waals surface area contributed by atoms with E-state index in [-0.39, 0.29) is 17.1 Å². The molecule has 1 atom stereocenters. The summed E-state index contributed by atoms with van der Waals surface area (Å²) < 4.78 is 10.3. The fourth-order valence-electron chi connectivity index (χ4n) is 3.07. The Labute approximate surface area is 152 Å². The quantitative estimate of drug-likeness (QED) is 0.430. The molecule has 0 aromatic heterocycles. The minimum Gasteiger partial charge on any atom is -0.495 e. The average Bonchev–Trinajstić information content (AvgIpc) is 3.13. The number of carbonyl (C=O) groups excluding carboxylic acids is 2. The standard InChI is InChI=1S/C18H24N2O6/c1-12(26-17(21)10-7-13-5-3-4-6-13)18(22)19-15-11-14(20(23)24)8-9-16(15)25-2/h8-9,11-13H,3-7,10H2,1-2H3,(H,19,22)/t12-/m0/s1. The molecule has 1 aromatic carbocycles. The summed E-state index contributed by atoms with van der Waals surface area (Å²) in [5, 5.41) is 13.4. The Balaban J connectivity index is 1.90. The second-order valence-electron chi connectivity index (χ2n) is 6.45. The van der Waals surface area contributed by atoms with Crippen LogP contribution >= 0.6 is 0 Å². The van der Waals surface area contributed by atoms with Gasteiger partial charge in [-0.25, -0.2) is 0 Å². The van der Waals surface area contributed by atoms with Gasteiger partial charge in [-0.3, -0.25) is 19.7 Å². The van der Waals surface area contributed by atoms with Crippen LogP contribution in [0.5, 0.6) is 5.75 Å². The normalized spacial score (nSPS) is 15.3. The molecular formula is C18H24N2O6. The maximum atomic E-state index is 12.2. The largest absolute Gasteiger partial charge is 0.495 e. The van der Waals surface area contributed by atoms with Gasteiger partial charge in [0.05, 0.1) is 17.7 Å². The average molecular weight is 364 g/mol. The van der Waals surface area contributed by atoms with E-state index in [1.54, 1.807) is 0 Å². The molecule has 0 heterocycles.